The summed E-state index contributed by atoms with van der Waals surface area (Å²) in [6, 6.07) is 1.63. The van der Waals surface area contributed by atoms with E-state index < -0.39 is 5.91 Å². The smallest absolute Gasteiger partial charge is 0.270 e. The predicted octanol–water partition coefficient (Wildman–Crippen LogP) is 0.842. The number of nitrogens with zero attached hydrogens (tertiary/aromatic N) is 1. The number of nitrogens with two attached hydrogens (primary N) is 1. The number of carbonyl (C=O) groups is 1. The van der Waals surface area contributed by atoms with Crippen LogP contribution in [0.3, 0.4) is 0 Å². The second-order valence-corrected chi connectivity index (χ2v) is 4.11. The highest BCUT2D eigenvalue weighted by atomic mass is 16.5. The highest BCUT2D eigenvalue weighted by molar-refractivity contribution is 5.90. The number of ether oxygens (including phenoxy) is 1. The fourth-order valence-electron chi connectivity index (χ4n) is 1.74. The highest BCUT2D eigenvalue weighted by Gasteiger charge is 2.33. The van der Waals surface area contributed by atoms with Gasteiger partial charge in [0.25, 0.3) is 5.91 Å². The number of carbonyl (C=O) groups excluding carboxylic acids is 1. The van der Waals surface area contributed by atoms with Crippen LogP contribution in [-0.2, 0) is 10.2 Å². The molecule has 82 valence electrons. The lowest BCUT2D eigenvalue weighted by molar-refractivity contribution is 0.0467. The number of hydrogen-bond acceptors (Lipinski definition) is 4. The topological polar surface area (TPSA) is 78.4 Å². The average Bonchev–Trinajstić information content (AvgIpc) is 2.68. The molecule has 15 heavy (non-hydrogen) atoms. The van der Waals surface area contributed by atoms with Crippen molar-refractivity contribution in [1.82, 2.24) is 5.16 Å². The molecule has 0 aromatic carbocycles. The van der Waals surface area contributed by atoms with E-state index in [1.807, 2.05) is 0 Å². The Kier molecular flexibility index (Phi) is 2.48. The second kappa shape index (κ2) is 3.66. The van der Waals surface area contributed by atoms with E-state index in [1.165, 1.54) is 0 Å². The van der Waals surface area contributed by atoms with E-state index in [1.54, 1.807) is 6.07 Å². The van der Waals surface area contributed by atoms with Crippen molar-refractivity contribution in [3.63, 3.8) is 0 Å². The Morgan fingerprint density at radius 3 is 2.73 bits per heavy atom. The highest BCUT2D eigenvalue weighted by Crippen LogP contribution is 2.34. The van der Waals surface area contributed by atoms with Crippen LogP contribution in [-0.4, -0.2) is 24.3 Å². The van der Waals surface area contributed by atoms with Crippen molar-refractivity contribution in [2.24, 2.45) is 5.73 Å². The molecule has 0 saturated carbocycles. The molecule has 1 aromatic rings. The molecular formula is C10H14N2O3. The monoisotopic (exact) mass is 210 g/mol. The number of hydrogen-bond donors (Lipinski definition) is 1. The van der Waals surface area contributed by atoms with Crippen LogP contribution in [0.25, 0.3) is 0 Å². The van der Waals surface area contributed by atoms with Gasteiger partial charge in [-0.15, -0.1) is 0 Å². The van der Waals surface area contributed by atoms with Crippen LogP contribution >= 0.6 is 0 Å². The van der Waals surface area contributed by atoms with Crippen molar-refractivity contribution in [3.8, 4) is 0 Å². The lowest BCUT2D eigenvalue weighted by Crippen LogP contribution is -2.30. The summed E-state index contributed by atoms with van der Waals surface area (Å²) in [7, 11) is 0. The zero-order chi connectivity index (χ0) is 10.9. The minimum Gasteiger partial charge on any atom is -0.381 e. The molecule has 1 fully saturated rings. The third-order valence-corrected chi connectivity index (χ3v) is 2.95. The lowest BCUT2D eigenvalue weighted by atomic mass is 9.80. The van der Waals surface area contributed by atoms with E-state index in [0.29, 0.717) is 13.2 Å². The Balaban J connectivity index is 2.23. The van der Waals surface area contributed by atoms with Crippen LogP contribution in [0.5, 0.6) is 0 Å². The van der Waals surface area contributed by atoms with Gasteiger partial charge in [0.05, 0.1) is 0 Å². The van der Waals surface area contributed by atoms with E-state index in [0.717, 1.165) is 18.6 Å². The van der Waals surface area contributed by atoms with Crippen LogP contribution in [0.15, 0.2) is 10.6 Å². The summed E-state index contributed by atoms with van der Waals surface area (Å²) in [4.78, 5) is 10.9. The molecule has 1 saturated heterocycles. The Morgan fingerprint density at radius 1 is 1.53 bits per heavy atom. The van der Waals surface area contributed by atoms with E-state index in [-0.39, 0.29) is 11.1 Å². The maximum Gasteiger partial charge on any atom is 0.270 e. The van der Waals surface area contributed by atoms with Gasteiger partial charge >= 0.3 is 0 Å². The first-order chi connectivity index (χ1) is 7.12. The molecule has 0 radical (unpaired) electrons. The van der Waals surface area contributed by atoms with Crippen molar-refractivity contribution < 1.29 is 14.1 Å². The van der Waals surface area contributed by atoms with Gasteiger partial charge in [-0.25, -0.2) is 0 Å². The molecule has 1 aliphatic heterocycles. The summed E-state index contributed by atoms with van der Waals surface area (Å²) in [6.45, 7) is 3.51. The van der Waals surface area contributed by atoms with Gasteiger partial charge in [-0.05, 0) is 12.8 Å². The molecule has 0 bridgehead atoms. The van der Waals surface area contributed by atoms with Gasteiger partial charge < -0.3 is 15.0 Å². The van der Waals surface area contributed by atoms with E-state index in [9.17, 15) is 4.79 Å². The first-order valence-electron chi connectivity index (χ1n) is 4.96. The molecule has 2 N–H and O–H groups in total. The van der Waals surface area contributed by atoms with Crippen LogP contribution in [0.1, 0.15) is 36.0 Å². The minimum atomic E-state index is -0.555. The Bertz CT molecular complexity index is 366. The van der Waals surface area contributed by atoms with Gasteiger partial charge in [0.2, 0.25) is 0 Å². The number of amides is 1. The first-order valence-corrected chi connectivity index (χ1v) is 4.96. The van der Waals surface area contributed by atoms with Gasteiger partial charge in [-0.1, -0.05) is 12.1 Å². The quantitative estimate of drug-likeness (QED) is 0.784. The Hall–Kier alpha value is -1.36. The maximum absolute atomic E-state index is 10.9. The van der Waals surface area contributed by atoms with Crippen molar-refractivity contribution >= 4 is 5.91 Å². The summed E-state index contributed by atoms with van der Waals surface area (Å²) >= 11 is 0. The molecule has 0 atom stereocenters. The van der Waals surface area contributed by atoms with Crippen molar-refractivity contribution in [1.29, 1.82) is 0 Å². The zero-order valence-corrected chi connectivity index (χ0v) is 8.66. The molecule has 0 aliphatic carbocycles. The second-order valence-electron chi connectivity index (χ2n) is 4.11. The van der Waals surface area contributed by atoms with E-state index >= 15 is 0 Å². The standard InChI is InChI=1S/C10H14N2O3/c1-10(2-4-14-5-3-10)8-6-7(9(11)13)12-15-8/h6H,2-5H2,1H3,(H2,11,13). The van der Waals surface area contributed by atoms with E-state index in [4.69, 9.17) is 15.0 Å². The Labute approximate surface area is 87.6 Å². The fraction of sp³-hybridized carbons (Fsp3) is 0.600. The van der Waals surface area contributed by atoms with Crippen LogP contribution < -0.4 is 5.73 Å². The number of primary amides is 1. The number of rotatable bonds is 2. The molecule has 1 amide bonds. The summed E-state index contributed by atoms with van der Waals surface area (Å²) in [5.41, 5.74) is 5.22. The van der Waals surface area contributed by atoms with Gasteiger partial charge in [0, 0.05) is 24.7 Å². The third kappa shape index (κ3) is 1.87. The average molecular weight is 210 g/mol. The molecule has 1 aromatic heterocycles. The summed E-state index contributed by atoms with van der Waals surface area (Å²) in [5, 5.41) is 3.65. The lowest BCUT2D eigenvalue weighted by Gasteiger charge is -2.30. The molecule has 5 heteroatoms. The molecule has 2 rings (SSSR count). The van der Waals surface area contributed by atoms with Crippen molar-refractivity contribution in [2.45, 2.75) is 25.2 Å². The SMILES string of the molecule is CC1(c2cc(C(N)=O)no2)CCOCC1. The summed E-state index contributed by atoms with van der Waals surface area (Å²) in [6.07, 6.45) is 1.75. The van der Waals surface area contributed by atoms with Crippen molar-refractivity contribution in [3.05, 3.63) is 17.5 Å². The maximum atomic E-state index is 10.9. The van der Waals surface area contributed by atoms with Crippen LogP contribution in [0, 0.1) is 0 Å². The molecule has 0 unspecified atom stereocenters. The largest absolute Gasteiger partial charge is 0.381 e. The molecule has 0 spiro atoms. The molecule has 2 heterocycles. The van der Waals surface area contributed by atoms with Gasteiger partial charge in [0.1, 0.15) is 5.76 Å². The van der Waals surface area contributed by atoms with Crippen molar-refractivity contribution in [2.75, 3.05) is 13.2 Å². The fourth-order valence-corrected chi connectivity index (χ4v) is 1.74. The number of aromatic nitrogens is 1. The van der Waals surface area contributed by atoms with Crippen LogP contribution in [0.2, 0.25) is 0 Å². The molecular weight excluding hydrogens is 196 g/mol. The third-order valence-electron chi connectivity index (χ3n) is 2.95. The summed E-state index contributed by atoms with van der Waals surface area (Å²) < 4.78 is 10.4. The first kappa shape index (κ1) is 10.2. The molecule has 5 nitrogen and oxygen atoms in total. The molecule has 1 aliphatic rings. The predicted molar refractivity (Wildman–Crippen MR) is 52.4 cm³/mol. The van der Waals surface area contributed by atoms with Gasteiger partial charge in [-0.2, -0.15) is 0 Å². The van der Waals surface area contributed by atoms with E-state index in [2.05, 4.69) is 12.1 Å². The Morgan fingerprint density at radius 2 is 2.20 bits per heavy atom. The van der Waals surface area contributed by atoms with Crippen LogP contribution in [0.4, 0.5) is 0 Å². The van der Waals surface area contributed by atoms with Gasteiger partial charge in [-0.3, -0.25) is 4.79 Å². The van der Waals surface area contributed by atoms with Gasteiger partial charge in [0.15, 0.2) is 5.69 Å². The summed E-state index contributed by atoms with van der Waals surface area (Å²) in [5.74, 6) is 0.167. The normalized spacial score (nSPS) is 20.1. The zero-order valence-electron chi connectivity index (χ0n) is 8.66. The minimum absolute atomic E-state index is 0.0844.